The van der Waals surface area contributed by atoms with Crippen LogP contribution in [0.1, 0.15) is 75.6 Å². The third-order valence-corrected chi connectivity index (χ3v) is 6.66. The summed E-state index contributed by atoms with van der Waals surface area (Å²) in [7, 11) is 1.16. The molecule has 40 heavy (non-hydrogen) atoms. The standard InChI is InChI=1S/C27H33N7O6/c1-15(2)19(20(36)21-32-33-24(40-21)27(10-11-27)17-9-7-8-12-28-17)31-18(35)14-34-22(37)16(30-25(38)39-6)13-29-23(34)26(3,4)5/h7-9,12-13,15,19H,10-11,14H2,1-6H3,(H,30,38)(H,31,35)/t19-/m1/s1. The van der Waals surface area contributed by atoms with Gasteiger partial charge in [0.05, 0.1) is 30.5 Å². The van der Waals surface area contributed by atoms with Gasteiger partial charge in [-0.2, -0.15) is 0 Å². The van der Waals surface area contributed by atoms with Crippen molar-refractivity contribution in [3.05, 3.63) is 64.2 Å². The fourth-order valence-corrected chi connectivity index (χ4v) is 4.38. The zero-order chi connectivity index (χ0) is 29.2. The summed E-state index contributed by atoms with van der Waals surface area (Å²) in [6.45, 7) is 8.60. The summed E-state index contributed by atoms with van der Waals surface area (Å²) in [5.41, 5.74) is -1.11. The summed E-state index contributed by atoms with van der Waals surface area (Å²) in [4.78, 5) is 60.2. The first-order chi connectivity index (χ1) is 18.9. The molecule has 0 aliphatic heterocycles. The molecule has 0 saturated heterocycles. The Morgan fingerprint density at radius 1 is 1.15 bits per heavy atom. The summed E-state index contributed by atoms with van der Waals surface area (Å²) in [6.07, 6.45) is 3.60. The Morgan fingerprint density at radius 3 is 2.45 bits per heavy atom. The van der Waals surface area contributed by atoms with Gasteiger partial charge in [0, 0.05) is 11.6 Å². The molecule has 1 aliphatic rings. The summed E-state index contributed by atoms with van der Waals surface area (Å²) in [5, 5.41) is 13.1. The fourth-order valence-electron chi connectivity index (χ4n) is 4.38. The molecule has 2 amide bonds. The van der Waals surface area contributed by atoms with Crippen LogP contribution in [0, 0.1) is 5.92 Å². The van der Waals surface area contributed by atoms with Gasteiger partial charge in [0.15, 0.2) is 0 Å². The highest BCUT2D eigenvalue weighted by Crippen LogP contribution is 2.52. The number of carbonyl (C=O) groups is 3. The molecule has 13 nitrogen and oxygen atoms in total. The van der Waals surface area contributed by atoms with Crippen molar-refractivity contribution in [3.63, 3.8) is 0 Å². The van der Waals surface area contributed by atoms with Crippen molar-refractivity contribution in [2.75, 3.05) is 12.4 Å². The van der Waals surface area contributed by atoms with Crippen LogP contribution >= 0.6 is 0 Å². The van der Waals surface area contributed by atoms with Gasteiger partial charge in [0.2, 0.25) is 17.6 Å². The SMILES string of the molecule is COC(=O)Nc1cnc(C(C)(C)C)n(CC(=O)N[C@@H](C(=O)c2nnc(C3(c4ccccn4)CC3)o2)C(C)C)c1=O. The van der Waals surface area contributed by atoms with Gasteiger partial charge in [-0.05, 0) is 30.9 Å². The number of hydrogen-bond acceptors (Lipinski definition) is 10. The summed E-state index contributed by atoms with van der Waals surface area (Å²) >= 11 is 0. The van der Waals surface area contributed by atoms with Gasteiger partial charge in [-0.25, -0.2) is 9.78 Å². The number of ketones is 1. The van der Waals surface area contributed by atoms with E-state index in [2.05, 4.69) is 35.5 Å². The van der Waals surface area contributed by atoms with Crippen LogP contribution in [-0.2, 0) is 26.9 Å². The first-order valence-electron chi connectivity index (χ1n) is 12.9. The number of aromatic nitrogens is 5. The molecule has 1 fully saturated rings. The number of Topliss-reactive ketones (excluding diaryl/α,β-unsaturated/α-hetero) is 1. The van der Waals surface area contributed by atoms with E-state index in [0.717, 1.165) is 30.2 Å². The highest BCUT2D eigenvalue weighted by Gasteiger charge is 2.52. The largest absolute Gasteiger partial charge is 0.453 e. The second-order valence-electron chi connectivity index (χ2n) is 11.1. The molecule has 0 aromatic carbocycles. The average molecular weight is 552 g/mol. The minimum Gasteiger partial charge on any atom is -0.453 e. The number of amides is 2. The molecule has 212 valence electrons. The van der Waals surface area contributed by atoms with Crippen LogP contribution in [0.15, 0.2) is 39.8 Å². The molecule has 0 radical (unpaired) electrons. The van der Waals surface area contributed by atoms with Gasteiger partial charge < -0.3 is 14.5 Å². The third kappa shape index (κ3) is 5.77. The molecule has 0 unspecified atom stereocenters. The monoisotopic (exact) mass is 551 g/mol. The zero-order valence-electron chi connectivity index (χ0n) is 23.3. The Bertz CT molecular complexity index is 1470. The van der Waals surface area contributed by atoms with E-state index in [1.165, 1.54) is 6.20 Å². The normalized spacial score (nSPS) is 14.9. The predicted octanol–water partition coefficient (Wildman–Crippen LogP) is 2.60. The van der Waals surface area contributed by atoms with Crippen LogP contribution in [0.5, 0.6) is 0 Å². The van der Waals surface area contributed by atoms with Gasteiger partial charge in [0.1, 0.15) is 18.1 Å². The lowest BCUT2D eigenvalue weighted by molar-refractivity contribution is -0.122. The molecule has 1 atom stereocenters. The number of methoxy groups -OCH3 is 1. The van der Waals surface area contributed by atoms with Crippen LogP contribution in [0.4, 0.5) is 10.5 Å². The van der Waals surface area contributed by atoms with Gasteiger partial charge in [0.25, 0.3) is 11.4 Å². The van der Waals surface area contributed by atoms with E-state index in [9.17, 15) is 19.2 Å². The van der Waals surface area contributed by atoms with Crippen LogP contribution < -0.4 is 16.2 Å². The van der Waals surface area contributed by atoms with E-state index in [1.807, 2.05) is 39.0 Å². The van der Waals surface area contributed by atoms with Crippen LogP contribution in [0.3, 0.4) is 0 Å². The lowest BCUT2D eigenvalue weighted by Crippen LogP contribution is -2.47. The lowest BCUT2D eigenvalue weighted by atomic mass is 9.95. The van der Waals surface area contributed by atoms with E-state index in [-0.39, 0.29) is 17.5 Å². The van der Waals surface area contributed by atoms with E-state index >= 15 is 0 Å². The van der Waals surface area contributed by atoms with Crippen LogP contribution in [0.25, 0.3) is 0 Å². The van der Waals surface area contributed by atoms with Crippen molar-refractivity contribution in [2.24, 2.45) is 5.92 Å². The van der Waals surface area contributed by atoms with Crippen LogP contribution in [-0.4, -0.2) is 55.7 Å². The molecule has 4 rings (SSSR count). The second kappa shape index (κ2) is 11.0. The summed E-state index contributed by atoms with van der Waals surface area (Å²) in [5.74, 6) is -1.06. The highest BCUT2D eigenvalue weighted by atomic mass is 16.5. The molecule has 1 saturated carbocycles. The number of hydrogen-bond donors (Lipinski definition) is 2. The molecule has 2 N–H and O–H groups in total. The first-order valence-corrected chi connectivity index (χ1v) is 12.9. The van der Waals surface area contributed by atoms with Crippen molar-refractivity contribution < 1.29 is 23.5 Å². The Labute approximate surface area is 230 Å². The molecule has 3 aromatic heterocycles. The topological polar surface area (TPSA) is 171 Å². The second-order valence-corrected chi connectivity index (χ2v) is 11.1. The smallest absolute Gasteiger partial charge is 0.411 e. The van der Waals surface area contributed by atoms with Crippen molar-refractivity contribution in [3.8, 4) is 0 Å². The number of anilines is 1. The lowest BCUT2D eigenvalue weighted by Gasteiger charge is -2.24. The number of rotatable bonds is 9. The Kier molecular flexibility index (Phi) is 7.85. The number of carbonyl (C=O) groups excluding carboxylic acids is 3. The average Bonchev–Trinajstić information content (AvgIpc) is 3.57. The van der Waals surface area contributed by atoms with Crippen molar-refractivity contribution in [2.45, 2.75) is 70.9 Å². The maximum atomic E-state index is 13.4. The molecule has 13 heteroatoms. The van der Waals surface area contributed by atoms with Gasteiger partial charge in [-0.1, -0.05) is 40.7 Å². The Morgan fingerprint density at radius 2 is 1.88 bits per heavy atom. The number of pyridine rings is 1. The van der Waals surface area contributed by atoms with Gasteiger partial charge in [-0.3, -0.25) is 29.3 Å². The van der Waals surface area contributed by atoms with Crippen LogP contribution in [0.2, 0.25) is 0 Å². The zero-order valence-corrected chi connectivity index (χ0v) is 23.3. The number of ether oxygens (including phenoxy) is 1. The first kappa shape index (κ1) is 28.6. The fraction of sp³-hybridized carbons (Fsp3) is 0.481. The third-order valence-electron chi connectivity index (χ3n) is 6.66. The molecule has 3 aromatic rings. The molecule has 0 spiro atoms. The van der Waals surface area contributed by atoms with Gasteiger partial charge in [-0.15, -0.1) is 10.2 Å². The predicted molar refractivity (Wildman–Crippen MR) is 143 cm³/mol. The van der Waals surface area contributed by atoms with E-state index in [1.54, 1.807) is 20.0 Å². The van der Waals surface area contributed by atoms with Crippen molar-refractivity contribution in [1.82, 2.24) is 30.0 Å². The summed E-state index contributed by atoms with van der Waals surface area (Å²) < 4.78 is 11.5. The molecule has 1 aliphatic carbocycles. The molecule has 3 heterocycles. The number of nitrogens with zero attached hydrogens (tertiary/aromatic N) is 5. The van der Waals surface area contributed by atoms with Crippen molar-refractivity contribution >= 4 is 23.5 Å². The molecule has 0 bridgehead atoms. The van der Waals surface area contributed by atoms with E-state index < -0.39 is 46.8 Å². The van der Waals surface area contributed by atoms with Gasteiger partial charge >= 0.3 is 6.09 Å². The summed E-state index contributed by atoms with van der Waals surface area (Å²) in [6, 6.07) is 4.58. The highest BCUT2D eigenvalue weighted by molar-refractivity contribution is 5.98. The van der Waals surface area contributed by atoms with Crippen molar-refractivity contribution in [1.29, 1.82) is 0 Å². The quantitative estimate of drug-likeness (QED) is 0.377. The van der Waals surface area contributed by atoms with E-state index in [0.29, 0.717) is 11.7 Å². The minimum atomic E-state index is -0.996. The maximum absolute atomic E-state index is 13.4. The van der Waals surface area contributed by atoms with E-state index in [4.69, 9.17) is 4.42 Å². The Hall–Kier alpha value is -4.42. The number of nitrogens with one attached hydrogen (secondary N) is 2. The molecular weight excluding hydrogens is 518 g/mol. The minimum absolute atomic E-state index is 0.149. The maximum Gasteiger partial charge on any atom is 0.411 e. The molecular formula is C27H33N7O6. The Balaban J connectivity index is 1.56.